The molecule has 0 saturated heterocycles. The molecule has 1 aromatic rings. The van der Waals surface area contributed by atoms with E-state index in [2.05, 4.69) is 4.98 Å². The number of halogens is 3. The fourth-order valence-corrected chi connectivity index (χ4v) is 2.25. The standard InChI is InChI=1S/C14H15F3N2O/c15-14(16,17)6-3-7-20-13-11(9-18)8-10-4-1-2-5-12(10)19-13/h8H,1-7H2. The molecule has 2 rings (SSSR count). The SMILES string of the molecule is N#Cc1cc2c(nc1OCCCC(F)(F)F)CCCC2. The molecule has 0 radical (unpaired) electrons. The van der Waals surface area contributed by atoms with Crippen LogP contribution in [-0.4, -0.2) is 17.8 Å². The van der Waals surface area contributed by atoms with Crippen LogP contribution < -0.4 is 4.74 Å². The van der Waals surface area contributed by atoms with E-state index in [0.717, 1.165) is 36.9 Å². The van der Waals surface area contributed by atoms with Crippen molar-refractivity contribution < 1.29 is 17.9 Å². The van der Waals surface area contributed by atoms with Crippen molar-refractivity contribution in [2.45, 2.75) is 44.7 Å². The minimum atomic E-state index is -4.18. The summed E-state index contributed by atoms with van der Waals surface area (Å²) in [5.74, 6) is 0.162. The third-order valence-electron chi connectivity index (χ3n) is 3.23. The van der Waals surface area contributed by atoms with Crippen molar-refractivity contribution in [1.29, 1.82) is 5.26 Å². The summed E-state index contributed by atoms with van der Waals surface area (Å²) in [5, 5.41) is 9.06. The number of aryl methyl sites for hydroxylation is 2. The van der Waals surface area contributed by atoms with E-state index in [9.17, 15) is 13.2 Å². The highest BCUT2D eigenvalue weighted by atomic mass is 19.4. The van der Waals surface area contributed by atoms with E-state index in [0.29, 0.717) is 5.56 Å². The average Bonchev–Trinajstić information content (AvgIpc) is 2.41. The molecule has 0 fully saturated rings. The van der Waals surface area contributed by atoms with Gasteiger partial charge < -0.3 is 4.74 Å². The molecule has 20 heavy (non-hydrogen) atoms. The van der Waals surface area contributed by atoms with Crippen LogP contribution in [0.1, 0.15) is 42.5 Å². The van der Waals surface area contributed by atoms with Crippen LogP contribution in [0, 0.1) is 11.3 Å². The van der Waals surface area contributed by atoms with Gasteiger partial charge in [0.2, 0.25) is 5.88 Å². The Labute approximate surface area is 115 Å². The number of alkyl halides is 3. The largest absolute Gasteiger partial charge is 0.477 e. The van der Waals surface area contributed by atoms with Gasteiger partial charge in [0.05, 0.1) is 6.61 Å². The maximum Gasteiger partial charge on any atom is 0.389 e. The highest BCUT2D eigenvalue weighted by molar-refractivity contribution is 5.43. The molecule has 0 bridgehead atoms. The van der Waals surface area contributed by atoms with Gasteiger partial charge in [-0.2, -0.15) is 18.4 Å². The van der Waals surface area contributed by atoms with E-state index in [1.54, 1.807) is 6.07 Å². The number of aromatic nitrogens is 1. The Morgan fingerprint density at radius 1 is 1.30 bits per heavy atom. The molecule has 0 aromatic carbocycles. The first-order chi connectivity index (χ1) is 9.49. The van der Waals surface area contributed by atoms with Gasteiger partial charge in [0.15, 0.2) is 0 Å². The van der Waals surface area contributed by atoms with E-state index < -0.39 is 12.6 Å². The summed E-state index contributed by atoms with van der Waals surface area (Å²) >= 11 is 0. The van der Waals surface area contributed by atoms with Crippen molar-refractivity contribution in [3.05, 3.63) is 22.9 Å². The van der Waals surface area contributed by atoms with Gasteiger partial charge in [0.25, 0.3) is 0 Å². The van der Waals surface area contributed by atoms with Crippen LogP contribution >= 0.6 is 0 Å². The number of hydrogen-bond acceptors (Lipinski definition) is 3. The summed E-state index contributed by atoms with van der Waals surface area (Å²) in [7, 11) is 0. The number of ether oxygens (including phenoxy) is 1. The molecule has 3 nitrogen and oxygen atoms in total. The molecule has 1 heterocycles. The minimum Gasteiger partial charge on any atom is -0.477 e. The van der Waals surface area contributed by atoms with Gasteiger partial charge in [0.1, 0.15) is 11.6 Å². The number of rotatable bonds is 4. The zero-order valence-corrected chi connectivity index (χ0v) is 11.0. The Hall–Kier alpha value is -1.77. The highest BCUT2D eigenvalue weighted by Crippen LogP contribution is 2.26. The highest BCUT2D eigenvalue weighted by Gasteiger charge is 2.26. The molecular weight excluding hydrogens is 269 g/mol. The number of pyridine rings is 1. The molecule has 0 aliphatic heterocycles. The Morgan fingerprint density at radius 3 is 2.75 bits per heavy atom. The van der Waals surface area contributed by atoms with Crippen molar-refractivity contribution in [1.82, 2.24) is 4.98 Å². The predicted octanol–water partition coefficient (Wildman–Crippen LogP) is 3.55. The van der Waals surface area contributed by atoms with Gasteiger partial charge in [0, 0.05) is 12.1 Å². The second-order valence-corrected chi connectivity index (χ2v) is 4.83. The van der Waals surface area contributed by atoms with Gasteiger partial charge in [-0.1, -0.05) is 0 Å². The Morgan fingerprint density at radius 2 is 2.05 bits per heavy atom. The first kappa shape index (κ1) is 14.6. The van der Waals surface area contributed by atoms with Crippen LogP contribution in [0.2, 0.25) is 0 Å². The summed E-state index contributed by atoms with van der Waals surface area (Å²) < 4.78 is 41.3. The van der Waals surface area contributed by atoms with Crippen LogP contribution in [0.15, 0.2) is 6.07 Å². The van der Waals surface area contributed by atoms with Crippen LogP contribution in [0.3, 0.4) is 0 Å². The summed E-state index contributed by atoms with van der Waals surface area (Å²) in [4.78, 5) is 4.29. The molecule has 1 aromatic heterocycles. The minimum absolute atomic E-state index is 0.0834. The van der Waals surface area contributed by atoms with Crippen LogP contribution in [-0.2, 0) is 12.8 Å². The maximum atomic E-state index is 12.0. The lowest BCUT2D eigenvalue weighted by atomic mass is 9.95. The van der Waals surface area contributed by atoms with Crippen molar-refractivity contribution >= 4 is 0 Å². The van der Waals surface area contributed by atoms with E-state index in [1.807, 2.05) is 6.07 Å². The van der Waals surface area contributed by atoms with Crippen molar-refractivity contribution in [2.75, 3.05) is 6.61 Å². The number of hydrogen-bond donors (Lipinski definition) is 0. The lowest BCUT2D eigenvalue weighted by Gasteiger charge is -2.17. The van der Waals surface area contributed by atoms with Gasteiger partial charge in [-0.25, -0.2) is 4.98 Å². The fraction of sp³-hybridized carbons (Fsp3) is 0.571. The van der Waals surface area contributed by atoms with Crippen molar-refractivity contribution in [2.24, 2.45) is 0 Å². The third-order valence-corrected chi connectivity index (χ3v) is 3.23. The zero-order chi connectivity index (χ0) is 14.6. The smallest absolute Gasteiger partial charge is 0.389 e. The summed E-state index contributed by atoms with van der Waals surface area (Å²) in [6, 6.07) is 3.74. The second kappa shape index (κ2) is 6.12. The number of nitrogens with zero attached hydrogens (tertiary/aromatic N) is 2. The molecule has 1 aliphatic carbocycles. The molecule has 0 N–H and O–H groups in total. The quantitative estimate of drug-likeness (QED) is 0.794. The molecule has 0 saturated carbocycles. The third kappa shape index (κ3) is 3.86. The molecular formula is C14H15F3N2O. The molecule has 0 amide bonds. The summed E-state index contributed by atoms with van der Waals surface area (Å²) in [6.45, 7) is -0.0834. The van der Waals surface area contributed by atoms with Gasteiger partial charge in [-0.3, -0.25) is 0 Å². The molecule has 0 atom stereocenters. The molecule has 1 aliphatic rings. The normalized spacial score (nSPS) is 14.5. The lowest BCUT2D eigenvalue weighted by molar-refractivity contribution is -0.136. The lowest BCUT2D eigenvalue weighted by Crippen LogP contribution is -2.12. The van der Waals surface area contributed by atoms with E-state index in [-0.39, 0.29) is 18.9 Å². The fourth-order valence-electron chi connectivity index (χ4n) is 2.25. The van der Waals surface area contributed by atoms with Crippen LogP contribution in [0.5, 0.6) is 5.88 Å². The van der Waals surface area contributed by atoms with Crippen LogP contribution in [0.25, 0.3) is 0 Å². The Balaban J connectivity index is 2.02. The average molecular weight is 284 g/mol. The molecule has 6 heteroatoms. The van der Waals surface area contributed by atoms with Gasteiger partial charge >= 0.3 is 6.18 Å². The van der Waals surface area contributed by atoms with E-state index in [4.69, 9.17) is 10.00 Å². The van der Waals surface area contributed by atoms with E-state index in [1.165, 1.54) is 0 Å². The molecule has 0 unspecified atom stereocenters. The summed E-state index contributed by atoms with van der Waals surface area (Å²) in [6.07, 6.45) is -1.35. The first-order valence-corrected chi connectivity index (χ1v) is 6.62. The topological polar surface area (TPSA) is 45.9 Å². The van der Waals surface area contributed by atoms with Gasteiger partial charge in [-0.05, 0) is 43.7 Å². The number of nitriles is 1. The Kier molecular flexibility index (Phi) is 4.48. The van der Waals surface area contributed by atoms with Crippen LogP contribution in [0.4, 0.5) is 13.2 Å². The second-order valence-electron chi connectivity index (χ2n) is 4.83. The predicted molar refractivity (Wildman–Crippen MR) is 66.4 cm³/mol. The Bertz CT molecular complexity index is 520. The summed E-state index contributed by atoms with van der Waals surface area (Å²) in [5.41, 5.74) is 2.26. The number of fused-ring (bicyclic) bond motifs is 1. The zero-order valence-electron chi connectivity index (χ0n) is 11.0. The monoisotopic (exact) mass is 284 g/mol. The molecule has 108 valence electrons. The molecule has 0 spiro atoms. The maximum absolute atomic E-state index is 12.0. The van der Waals surface area contributed by atoms with Gasteiger partial charge in [-0.15, -0.1) is 0 Å². The van der Waals surface area contributed by atoms with Crippen molar-refractivity contribution in [3.8, 4) is 11.9 Å². The first-order valence-electron chi connectivity index (χ1n) is 6.62. The van der Waals surface area contributed by atoms with Crippen molar-refractivity contribution in [3.63, 3.8) is 0 Å². The van der Waals surface area contributed by atoms with E-state index >= 15 is 0 Å².